The minimum Gasteiger partial charge on any atom is -0.382 e. The molecule has 0 amide bonds. The summed E-state index contributed by atoms with van der Waals surface area (Å²) in [5, 5.41) is 6.71. The van der Waals surface area contributed by atoms with Gasteiger partial charge in [-0.05, 0) is 39.2 Å². The van der Waals surface area contributed by atoms with Gasteiger partial charge in [-0.25, -0.2) is 0 Å². The second-order valence-corrected chi connectivity index (χ2v) is 5.87. The lowest BCUT2D eigenvalue weighted by molar-refractivity contribution is 0.143. The minimum atomic E-state index is 0.420. The van der Waals surface area contributed by atoms with E-state index in [-0.39, 0.29) is 0 Å². The highest BCUT2D eigenvalue weighted by Gasteiger charge is 2.05. The zero-order chi connectivity index (χ0) is 16.9. The van der Waals surface area contributed by atoms with Gasteiger partial charge < -0.3 is 15.4 Å². The maximum atomic E-state index is 5.35. The average molecular weight is 319 g/mol. The van der Waals surface area contributed by atoms with Crippen LogP contribution >= 0.6 is 0 Å². The number of nitrogens with zero attached hydrogens (tertiary/aromatic N) is 1. The van der Waals surface area contributed by atoms with Crippen LogP contribution in [0.25, 0.3) is 0 Å². The van der Waals surface area contributed by atoms with E-state index >= 15 is 0 Å². The van der Waals surface area contributed by atoms with Crippen molar-refractivity contribution in [3.05, 3.63) is 35.4 Å². The summed E-state index contributed by atoms with van der Waals surface area (Å²) in [5.74, 6) is 1.33. The maximum Gasteiger partial charge on any atom is 0.191 e. The van der Waals surface area contributed by atoms with Gasteiger partial charge in [0.25, 0.3) is 0 Å². The molecule has 0 aromatic heterocycles. The first-order chi connectivity index (χ1) is 11.2. The van der Waals surface area contributed by atoms with Crippen molar-refractivity contribution in [2.45, 2.75) is 46.5 Å². The van der Waals surface area contributed by atoms with Crippen LogP contribution in [-0.4, -0.2) is 38.8 Å². The van der Waals surface area contributed by atoms with Crippen LogP contribution in [0.3, 0.4) is 0 Å². The molecule has 0 spiro atoms. The van der Waals surface area contributed by atoms with Gasteiger partial charge >= 0.3 is 0 Å². The van der Waals surface area contributed by atoms with Gasteiger partial charge in [0.05, 0.1) is 0 Å². The summed E-state index contributed by atoms with van der Waals surface area (Å²) in [4.78, 5) is 4.72. The fourth-order valence-corrected chi connectivity index (χ4v) is 2.33. The molecule has 0 bridgehead atoms. The number of rotatable bonds is 10. The van der Waals surface area contributed by atoms with Gasteiger partial charge in [0, 0.05) is 38.8 Å². The first-order valence-corrected chi connectivity index (χ1v) is 8.83. The fraction of sp³-hybridized carbons (Fsp3) is 0.632. The molecular weight excluding hydrogens is 286 g/mol. The molecule has 4 nitrogen and oxygen atoms in total. The highest BCUT2D eigenvalue weighted by atomic mass is 16.5. The zero-order valence-electron chi connectivity index (χ0n) is 15.2. The van der Waals surface area contributed by atoms with Crippen molar-refractivity contribution in [2.75, 3.05) is 32.8 Å². The van der Waals surface area contributed by atoms with Crippen LogP contribution in [0.1, 0.15) is 50.7 Å². The van der Waals surface area contributed by atoms with Crippen molar-refractivity contribution in [3.8, 4) is 0 Å². The number of guanidine groups is 1. The quantitative estimate of drug-likeness (QED) is 0.394. The van der Waals surface area contributed by atoms with Crippen molar-refractivity contribution in [1.82, 2.24) is 10.6 Å². The van der Waals surface area contributed by atoms with E-state index < -0.39 is 0 Å². The van der Waals surface area contributed by atoms with Gasteiger partial charge in [0.1, 0.15) is 0 Å². The number of benzene rings is 1. The first-order valence-electron chi connectivity index (χ1n) is 8.83. The van der Waals surface area contributed by atoms with Gasteiger partial charge in [0.15, 0.2) is 5.96 Å². The fourth-order valence-electron chi connectivity index (χ4n) is 2.33. The molecule has 0 fully saturated rings. The molecule has 0 heterocycles. The Bertz CT molecular complexity index is 460. The van der Waals surface area contributed by atoms with E-state index in [1.54, 1.807) is 0 Å². The number of hydrogen-bond donors (Lipinski definition) is 2. The molecule has 0 aliphatic carbocycles. The van der Waals surface area contributed by atoms with Crippen LogP contribution in [0.2, 0.25) is 0 Å². The maximum absolute atomic E-state index is 5.35. The van der Waals surface area contributed by atoms with Crippen LogP contribution < -0.4 is 10.6 Å². The van der Waals surface area contributed by atoms with Crippen LogP contribution in [0.15, 0.2) is 29.3 Å². The van der Waals surface area contributed by atoms with Crippen molar-refractivity contribution < 1.29 is 4.74 Å². The molecule has 1 rings (SSSR count). The van der Waals surface area contributed by atoms with Gasteiger partial charge in [-0.3, -0.25) is 4.99 Å². The zero-order valence-corrected chi connectivity index (χ0v) is 15.2. The Labute approximate surface area is 141 Å². The molecule has 23 heavy (non-hydrogen) atoms. The molecule has 4 heteroatoms. The normalized spacial score (nSPS) is 13.0. The molecule has 1 aromatic carbocycles. The summed E-state index contributed by atoms with van der Waals surface area (Å²) in [5.41, 5.74) is 2.65. The third-order valence-electron chi connectivity index (χ3n) is 3.69. The lowest BCUT2D eigenvalue weighted by Crippen LogP contribution is -2.38. The first kappa shape index (κ1) is 19.5. The topological polar surface area (TPSA) is 45.7 Å². The highest BCUT2D eigenvalue weighted by molar-refractivity contribution is 5.79. The standard InChI is InChI=1S/C19H33N3O/c1-5-20-19(21-12-7-8-13-23-6-2)22-15-17(4)18-11-9-10-16(3)14-18/h9-11,14,17H,5-8,12-13,15H2,1-4H3,(H2,20,21,22). The van der Waals surface area contributed by atoms with Gasteiger partial charge in [-0.15, -0.1) is 0 Å². The number of hydrogen-bond acceptors (Lipinski definition) is 2. The lowest BCUT2D eigenvalue weighted by atomic mass is 10.00. The Balaban J connectivity index is 2.41. The van der Waals surface area contributed by atoms with Crippen molar-refractivity contribution in [2.24, 2.45) is 4.99 Å². The van der Waals surface area contributed by atoms with E-state index in [1.807, 2.05) is 6.92 Å². The van der Waals surface area contributed by atoms with E-state index in [1.165, 1.54) is 11.1 Å². The summed E-state index contributed by atoms with van der Waals surface area (Å²) in [6.07, 6.45) is 2.18. The number of ether oxygens (including phenoxy) is 1. The van der Waals surface area contributed by atoms with Crippen LogP contribution in [0, 0.1) is 6.92 Å². The molecule has 0 saturated carbocycles. The molecule has 130 valence electrons. The highest BCUT2D eigenvalue weighted by Crippen LogP contribution is 2.16. The van der Waals surface area contributed by atoms with Crippen molar-refractivity contribution >= 4 is 5.96 Å². The summed E-state index contributed by atoms with van der Waals surface area (Å²) in [6, 6.07) is 8.68. The molecule has 0 radical (unpaired) electrons. The van der Waals surface area contributed by atoms with Crippen LogP contribution in [0.4, 0.5) is 0 Å². The van der Waals surface area contributed by atoms with Crippen molar-refractivity contribution in [1.29, 1.82) is 0 Å². The van der Waals surface area contributed by atoms with E-state index in [0.717, 1.165) is 51.6 Å². The number of aliphatic imine (C=N–C) groups is 1. The molecule has 2 N–H and O–H groups in total. The Morgan fingerprint density at radius 3 is 2.74 bits per heavy atom. The molecule has 1 aromatic rings. The molecule has 0 aliphatic heterocycles. The van der Waals surface area contributed by atoms with Gasteiger partial charge in [-0.2, -0.15) is 0 Å². The predicted molar refractivity (Wildman–Crippen MR) is 99.3 cm³/mol. The van der Waals surface area contributed by atoms with E-state index in [9.17, 15) is 0 Å². The van der Waals surface area contributed by atoms with Gasteiger partial charge in [-0.1, -0.05) is 36.8 Å². The summed E-state index contributed by atoms with van der Waals surface area (Å²) in [6.45, 7) is 12.7. The minimum absolute atomic E-state index is 0.420. The smallest absolute Gasteiger partial charge is 0.191 e. The van der Waals surface area contributed by atoms with Crippen molar-refractivity contribution in [3.63, 3.8) is 0 Å². The third-order valence-corrected chi connectivity index (χ3v) is 3.69. The van der Waals surface area contributed by atoms with E-state index in [0.29, 0.717) is 5.92 Å². The third kappa shape index (κ3) is 8.60. The monoisotopic (exact) mass is 319 g/mol. The van der Waals surface area contributed by atoms with Crippen LogP contribution in [0.5, 0.6) is 0 Å². The lowest BCUT2D eigenvalue weighted by Gasteiger charge is -2.14. The van der Waals surface area contributed by atoms with E-state index in [4.69, 9.17) is 9.73 Å². The molecular formula is C19H33N3O. The second kappa shape index (κ2) is 11.9. The molecule has 0 saturated heterocycles. The summed E-state index contributed by atoms with van der Waals surface area (Å²) < 4.78 is 5.35. The van der Waals surface area contributed by atoms with Crippen LogP contribution in [-0.2, 0) is 4.74 Å². The SMILES string of the molecule is CCNC(=NCC(C)c1cccc(C)c1)NCCCCOCC. The Morgan fingerprint density at radius 2 is 2.04 bits per heavy atom. The Morgan fingerprint density at radius 1 is 1.22 bits per heavy atom. The summed E-state index contributed by atoms with van der Waals surface area (Å²) in [7, 11) is 0. The molecule has 1 unspecified atom stereocenters. The second-order valence-electron chi connectivity index (χ2n) is 5.87. The Kier molecular flexibility index (Phi) is 10.1. The summed E-state index contributed by atoms with van der Waals surface area (Å²) >= 11 is 0. The number of aryl methyl sites for hydroxylation is 1. The molecule has 0 aliphatic rings. The number of nitrogens with one attached hydrogen (secondary N) is 2. The van der Waals surface area contributed by atoms with Gasteiger partial charge in [0.2, 0.25) is 0 Å². The average Bonchev–Trinajstić information content (AvgIpc) is 2.55. The number of unbranched alkanes of at least 4 members (excludes halogenated alkanes) is 1. The molecule has 1 atom stereocenters. The largest absolute Gasteiger partial charge is 0.382 e. The van der Waals surface area contributed by atoms with E-state index in [2.05, 4.69) is 55.7 Å². The Hall–Kier alpha value is -1.55. The predicted octanol–water partition coefficient (Wildman–Crippen LogP) is 3.47.